The van der Waals surface area contributed by atoms with Gasteiger partial charge in [0.15, 0.2) is 0 Å². The summed E-state index contributed by atoms with van der Waals surface area (Å²) < 4.78 is 5.57. The molecule has 2 aromatic carbocycles. The van der Waals surface area contributed by atoms with Crippen LogP contribution in [0.15, 0.2) is 72.8 Å². The van der Waals surface area contributed by atoms with Crippen LogP contribution in [-0.4, -0.2) is 59.4 Å². The Balaban J connectivity index is 1.98. The largest absolute Gasteiger partial charge is 0.507 e. The Labute approximate surface area is 195 Å². The molecule has 0 bridgehead atoms. The minimum absolute atomic E-state index is 0.119. The van der Waals surface area contributed by atoms with Crippen molar-refractivity contribution in [2.75, 3.05) is 32.8 Å². The smallest absolute Gasteiger partial charge is 0.295 e. The molecule has 33 heavy (non-hydrogen) atoms. The first-order valence-corrected chi connectivity index (χ1v) is 11.4. The highest BCUT2D eigenvalue weighted by atomic mass is 16.5. The molecule has 2 aromatic rings. The van der Waals surface area contributed by atoms with Gasteiger partial charge in [-0.25, -0.2) is 0 Å². The summed E-state index contributed by atoms with van der Waals surface area (Å²) in [6.45, 7) is 11.4. The van der Waals surface area contributed by atoms with Gasteiger partial charge in [-0.1, -0.05) is 69.0 Å². The molecule has 0 unspecified atom stereocenters. The first kappa shape index (κ1) is 24.3. The van der Waals surface area contributed by atoms with Crippen LogP contribution in [0.4, 0.5) is 0 Å². The van der Waals surface area contributed by atoms with Crippen LogP contribution in [0.1, 0.15) is 37.4 Å². The number of amides is 1. The van der Waals surface area contributed by atoms with E-state index in [1.54, 1.807) is 47.4 Å². The minimum Gasteiger partial charge on any atom is -0.507 e. The second-order valence-corrected chi connectivity index (χ2v) is 7.91. The van der Waals surface area contributed by atoms with Gasteiger partial charge in [0.1, 0.15) is 18.1 Å². The molecule has 6 nitrogen and oxygen atoms in total. The lowest BCUT2D eigenvalue weighted by molar-refractivity contribution is -0.140. The fraction of sp³-hybridized carbons (Fsp3) is 0.333. The molecule has 3 rings (SSSR count). The van der Waals surface area contributed by atoms with Gasteiger partial charge in [-0.15, -0.1) is 0 Å². The van der Waals surface area contributed by atoms with Gasteiger partial charge in [0.25, 0.3) is 11.7 Å². The molecular weight excluding hydrogens is 416 g/mol. The van der Waals surface area contributed by atoms with Gasteiger partial charge < -0.3 is 19.6 Å². The predicted octanol–water partition coefficient (Wildman–Crippen LogP) is 4.41. The number of nitrogens with zero attached hydrogens (tertiary/aromatic N) is 2. The molecule has 0 aromatic heterocycles. The molecule has 1 heterocycles. The molecule has 1 aliphatic rings. The molecule has 1 fully saturated rings. The number of ketones is 1. The second kappa shape index (κ2) is 11.5. The van der Waals surface area contributed by atoms with Gasteiger partial charge in [-0.2, -0.15) is 0 Å². The average molecular weight is 449 g/mol. The Morgan fingerprint density at radius 1 is 1.09 bits per heavy atom. The van der Waals surface area contributed by atoms with Crippen molar-refractivity contribution in [2.45, 2.75) is 26.3 Å². The Morgan fingerprint density at radius 3 is 2.36 bits per heavy atom. The monoisotopic (exact) mass is 448 g/mol. The molecule has 1 atom stereocenters. The number of rotatable bonds is 11. The summed E-state index contributed by atoms with van der Waals surface area (Å²) in [5, 5.41) is 11.1. The second-order valence-electron chi connectivity index (χ2n) is 7.91. The summed E-state index contributed by atoms with van der Waals surface area (Å²) in [6, 6.07) is 15.5. The minimum atomic E-state index is -0.657. The van der Waals surface area contributed by atoms with Crippen LogP contribution in [0.2, 0.25) is 0 Å². The van der Waals surface area contributed by atoms with E-state index in [4.69, 9.17) is 4.74 Å². The van der Waals surface area contributed by atoms with Crippen molar-refractivity contribution in [3.8, 4) is 5.75 Å². The van der Waals surface area contributed by atoms with Gasteiger partial charge in [0.05, 0.1) is 11.6 Å². The maximum absolute atomic E-state index is 13.1. The van der Waals surface area contributed by atoms with E-state index in [-0.39, 0.29) is 11.3 Å². The third-order valence-electron chi connectivity index (χ3n) is 5.92. The van der Waals surface area contributed by atoms with E-state index >= 15 is 0 Å². The highest BCUT2D eigenvalue weighted by Crippen LogP contribution is 2.39. The first-order valence-electron chi connectivity index (χ1n) is 11.4. The van der Waals surface area contributed by atoms with Gasteiger partial charge in [0, 0.05) is 12.1 Å². The van der Waals surface area contributed by atoms with E-state index in [1.165, 1.54) is 0 Å². The number of carbonyl (C=O) groups is 2. The van der Waals surface area contributed by atoms with Gasteiger partial charge in [0.2, 0.25) is 0 Å². The van der Waals surface area contributed by atoms with Crippen LogP contribution in [-0.2, 0) is 9.59 Å². The third-order valence-corrected chi connectivity index (χ3v) is 5.92. The van der Waals surface area contributed by atoms with Gasteiger partial charge >= 0.3 is 0 Å². The molecule has 0 aliphatic carbocycles. The zero-order valence-corrected chi connectivity index (χ0v) is 19.4. The lowest BCUT2D eigenvalue weighted by Gasteiger charge is -2.27. The topological polar surface area (TPSA) is 70.1 Å². The highest BCUT2D eigenvalue weighted by Gasteiger charge is 2.45. The number of hydrogen-bond donors (Lipinski definition) is 1. The van der Waals surface area contributed by atoms with E-state index in [0.29, 0.717) is 24.5 Å². The van der Waals surface area contributed by atoms with Crippen molar-refractivity contribution < 1.29 is 19.4 Å². The molecule has 1 aliphatic heterocycles. The first-order chi connectivity index (χ1) is 16.0. The van der Waals surface area contributed by atoms with Crippen LogP contribution < -0.4 is 4.74 Å². The number of hydrogen-bond acceptors (Lipinski definition) is 5. The normalized spacial score (nSPS) is 17.5. The average Bonchev–Trinajstić information content (AvgIpc) is 3.10. The standard InChI is InChI=1S/C27H32N2O4/c1-4-19-33-22-15-13-20(14-16-22)24-23(25(30)21-11-8-7-9-12-21)26(31)27(32)29(24)18-10-17-28(5-2)6-3/h4,7-9,11-16,24,30H,1,5-6,10,17-19H2,2-3H3/b25-23+/t24-/m0/s1. The maximum atomic E-state index is 13.1. The van der Waals surface area contributed by atoms with Crippen LogP contribution in [0, 0.1) is 0 Å². The lowest BCUT2D eigenvalue weighted by Crippen LogP contribution is -2.33. The molecule has 1 amide bonds. The Hall–Kier alpha value is -3.38. The summed E-state index contributed by atoms with van der Waals surface area (Å²) in [5.41, 5.74) is 1.38. The summed E-state index contributed by atoms with van der Waals surface area (Å²) in [4.78, 5) is 30.0. The number of ether oxygens (including phenoxy) is 1. The van der Waals surface area contributed by atoms with Crippen molar-refractivity contribution >= 4 is 17.4 Å². The van der Waals surface area contributed by atoms with Crippen LogP contribution in [0.3, 0.4) is 0 Å². The number of aliphatic hydroxyl groups is 1. The van der Waals surface area contributed by atoms with Crippen molar-refractivity contribution in [1.29, 1.82) is 0 Å². The van der Waals surface area contributed by atoms with E-state index < -0.39 is 17.7 Å². The summed E-state index contributed by atoms with van der Waals surface area (Å²) >= 11 is 0. The van der Waals surface area contributed by atoms with E-state index in [1.807, 2.05) is 18.2 Å². The summed E-state index contributed by atoms with van der Waals surface area (Å²) in [5.74, 6) is -0.724. The van der Waals surface area contributed by atoms with Crippen molar-refractivity contribution in [3.05, 3.63) is 84.0 Å². The Morgan fingerprint density at radius 2 is 1.76 bits per heavy atom. The van der Waals surface area contributed by atoms with Crippen LogP contribution >= 0.6 is 0 Å². The van der Waals surface area contributed by atoms with Crippen LogP contribution in [0.5, 0.6) is 5.75 Å². The molecule has 0 spiro atoms. The van der Waals surface area contributed by atoms with Crippen molar-refractivity contribution in [1.82, 2.24) is 9.80 Å². The molecule has 0 saturated carbocycles. The fourth-order valence-electron chi connectivity index (χ4n) is 4.11. The Kier molecular flexibility index (Phi) is 8.44. The van der Waals surface area contributed by atoms with E-state index in [2.05, 4.69) is 25.3 Å². The summed E-state index contributed by atoms with van der Waals surface area (Å²) in [7, 11) is 0. The molecule has 1 N–H and O–H groups in total. The number of carbonyl (C=O) groups excluding carboxylic acids is 2. The number of aliphatic hydroxyl groups excluding tert-OH is 1. The van der Waals surface area contributed by atoms with Gasteiger partial charge in [-0.3, -0.25) is 9.59 Å². The number of benzene rings is 2. The molecular formula is C27H32N2O4. The predicted molar refractivity (Wildman–Crippen MR) is 130 cm³/mol. The zero-order valence-electron chi connectivity index (χ0n) is 19.4. The van der Waals surface area contributed by atoms with E-state index in [0.717, 1.165) is 31.6 Å². The lowest BCUT2D eigenvalue weighted by atomic mass is 9.95. The number of Topliss-reactive ketones (excluding diaryl/α,β-unsaturated/α-hetero) is 1. The van der Waals surface area contributed by atoms with Gasteiger partial charge in [-0.05, 0) is 43.8 Å². The molecule has 174 valence electrons. The fourth-order valence-corrected chi connectivity index (χ4v) is 4.11. The third kappa shape index (κ3) is 5.52. The molecule has 6 heteroatoms. The van der Waals surface area contributed by atoms with Crippen LogP contribution in [0.25, 0.3) is 5.76 Å². The zero-order chi connectivity index (χ0) is 23.8. The van der Waals surface area contributed by atoms with Crippen molar-refractivity contribution in [2.24, 2.45) is 0 Å². The molecule has 1 saturated heterocycles. The quantitative estimate of drug-likeness (QED) is 0.239. The highest BCUT2D eigenvalue weighted by molar-refractivity contribution is 6.46. The SMILES string of the molecule is C=CCOc1ccc([C@H]2/C(=C(\O)c3ccccc3)C(=O)C(=O)N2CCCN(CC)CC)cc1. The Bertz CT molecular complexity index is 995. The molecule has 0 radical (unpaired) electrons. The van der Waals surface area contributed by atoms with Crippen molar-refractivity contribution in [3.63, 3.8) is 0 Å². The maximum Gasteiger partial charge on any atom is 0.295 e. The summed E-state index contributed by atoms with van der Waals surface area (Å²) in [6.07, 6.45) is 2.40. The van der Waals surface area contributed by atoms with E-state index in [9.17, 15) is 14.7 Å². The number of likely N-dealkylation sites (tertiary alicyclic amines) is 1.